The average molecular weight is 198 g/mol. The van der Waals surface area contributed by atoms with Crippen molar-refractivity contribution in [3.63, 3.8) is 0 Å². The van der Waals surface area contributed by atoms with Crippen LogP contribution in [0.5, 0.6) is 0 Å². The van der Waals surface area contributed by atoms with E-state index in [9.17, 15) is 4.79 Å². The van der Waals surface area contributed by atoms with Gasteiger partial charge >= 0.3 is 0 Å². The highest BCUT2D eigenvalue weighted by Gasteiger charge is 2.27. The molecule has 1 saturated heterocycles. The Labute approximate surface area is 86.6 Å². The highest BCUT2D eigenvalue weighted by molar-refractivity contribution is 5.82. The number of nitrogens with one attached hydrogen (secondary N) is 2. The molecule has 3 heteroatoms. The fourth-order valence-electron chi connectivity index (χ4n) is 1.44. The van der Waals surface area contributed by atoms with Gasteiger partial charge in [-0.2, -0.15) is 0 Å². The van der Waals surface area contributed by atoms with E-state index < -0.39 is 0 Å². The van der Waals surface area contributed by atoms with Gasteiger partial charge in [-0.1, -0.05) is 20.8 Å². The first-order chi connectivity index (χ1) is 6.41. The van der Waals surface area contributed by atoms with E-state index in [1.54, 1.807) is 0 Å². The molecule has 2 unspecified atom stereocenters. The second kappa shape index (κ2) is 4.30. The lowest BCUT2D eigenvalue weighted by Crippen LogP contribution is -2.48. The Morgan fingerprint density at radius 3 is 2.57 bits per heavy atom. The molecule has 0 aromatic heterocycles. The van der Waals surface area contributed by atoms with Crippen molar-refractivity contribution in [1.82, 2.24) is 10.6 Å². The standard InChI is InChI=1S/C11H22N2O/c1-8(11(2,3)4)13-10(14)9-6-5-7-12-9/h8-9,12H,5-7H2,1-4H3,(H,13,14). The lowest BCUT2D eigenvalue weighted by molar-refractivity contribution is -0.124. The van der Waals surface area contributed by atoms with Crippen LogP contribution in [0, 0.1) is 5.41 Å². The normalized spacial score (nSPS) is 24.7. The van der Waals surface area contributed by atoms with Crippen LogP contribution in [0.15, 0.2) is 0 Å². The maximum Gasteiger partial charge on any atom is 0.237 e. The third kappa shape index (κ3) is 2.98. The van der Waals surface area contributed by atoms with Crippen LogP contribution in [0.25, 0.3) is 0 Å². The molecule has 1 rings (SSSR count). The average Bonchev–Trinajstić information content (AvgIpc) is 2.53. The predicted molar refractivity (Wildman–Crippen MR) is 58.1 cm³/mol. The highest BCUT2D eigenvalue weighted by atomic mass is 16.2. The summed E-state index contributed by atoms with van der Waals surface area (Å²) in [5, 5.41) is 6.26. The van der Waals surface area contributed by atoms with Crippen LogP contribution in [0.3, 0.4) is 0 Å². The minimum absolute atomic E-state index is 0.0415. The van der Waals surface area contributed by atoms with Gasteiger partial charge in [0.25, 0.3) is 0 Å². The summed E-state index contributed by atoms with van der Waals surface area (Å²) >= 11 is 0. The Balaban J connectivity index is 2.40. The quantitative estimate of drug-likeness (QED) is 0.702. The van der Waals surface area contributed by atoms with Gasteiger partial charge in [0.05, 0.1) is 6.04 Å². The van der Waals surface area contributed by atoms with Gasteiger partial charge in [0.1, 0.15) is 0 Å². The second-order valence-corrected chi connectivity index (χ2v) is 5.25. The van der Waals surface area contributed by atoms with Crippen molar-refractivity contribution in [2.45, 2.75) is 52.6 Å². The SMILES string of the molecule is CC(NC(=O)C1CCCN1)C(C)(C)C. The van der Waals surface area contributed by atoms with Crippen molar-refractivity contribution in [3.8, 4) is 0 Å². The highest BCUT2D eigenvalue weighted by Crippen LogP contribution is 2.18. The molecule has 82 valence electrons. The molecule has 0 aromatic carbocycles. The van der Waals surface area contributed by atoms with Crippen LogP contribution in [0.2, 0.25) is 0 Å². The summed E-state index contributed by atoms with van der Waals surface area (Å²) in [6.07, 6.45) is 2.09. The van der Waals surface area contributed by atoms with E-state index in [-0.39, 0.29) is 23.4 Å². The first kappa shape index (κ1) is 11.5. The lowest BCUT2D eigenvalue weighted by Gasteiger charge is -2.29. The van der Waals surface area contributed by atoms with E-state index in [2.05, 4.69) is 38.3 Å². The smallest absolute Gasteiger partial charge is 0.237 e. The zero-order valence-corrected chi connectivity index (χ0v) is 9.68. The molecule has 1 aliphatic rings. The van der Waals surface area contributed by atoms with Crippen LogP contribution in [-0.2, 0) is 4.79 Å². The van der Waals surface area contributed by atoms with Crippen molar-refractivity contribution >= 4 is 5.91 Å². The Morgan fingerprint density at radius 2 is 2.14 bits per heavy atom. The first-order valence-corrected chi connectivity index (χ1v) is 5.45. The van der Waals surface area contributed by atoms with Gasteiger partial charge in [-0.25, -0.2) is 0 Å². The summed E-state index contributed by atoms with van der Waals surface area (Å²) in [5.74, 6) is 0.157. The Bertz CT molecular complexity index is 202. The number of hydrogen-bond acceptors (Lipinski definition) is 2. The molecule has 0 aromatic rings. The minimum atomic E-state index is 0.0415. The predicted octanol–water partition coefficient (Wildman–Crippen LogP) is 1.29. The van der Waals surface area contributed by atoms with Crippen LogP contribution in [0.1, 0.15) is 40.5 Å². The van der Waals surface area contributed by atoms with Crippen molar-refractivity contribution in [2.24, 2.45) is 5.41 Å². The van der Waals surface area contributed by atoms with E-state index in [4.69, 9.17) is 0 Å². The zero-order chi connectivity index (χ0) is 10.8. The number of carbonyl (C=O) groups is 1. The molecule has 0 radical (unpaired) electrons. The molecule has 2 N–H and O–H groups in total. The van der Waals surface area contributed by atoms with E-state index in [1.807, 2.05) is 0 Å². The molecule has 3 nitrogen and oxygen atoms in total. The first-order valence-electron chi connectivity index (χ1n) is 5.45. The van der Waals surface area contributed by atoms with Crippen LogP contribution in [-0.4, -0.2) is 24.5 Å². The van der Waals surface area contributed by atoms with Crippen molar-refractivity contribution in [2.75, 3.05) is 6.54 Å². The van der Waals surface area contributed by atoms with Crippen molar-refractivity contribution in [1.29, 1.82) is 0 Å². The van der Waals surface area contributed by atoms with E-state index in [0.29, 0.717) is 0 Å². The number of rotatable bonds is 2. The van der Waals surface area contributed by atoms with E-state index in [0.717, 1.165) is 19.4 Å². The van der Waals surface area contributed by atoms with Gasteiger partial charge in [0, 0.05) is 6.04 Å². The zero-order valence-electron chi connectivity index (χ0n) is 9.68. The van der Waals surface area contributed by atoms with Crippen molar-refractivity contribution < 1.29 is 4.79 Å². The monoisotopic (exact) mass is 198 g/mol. The summed E-state index contributed by atoms with van der Waals surface area (Å²) in [4.78, 5) is 11.7. The van der Waals surface area contributed by atoms with Crippen molar-refractivity contribution in [3.05, 3.63) is 0 Å². The van der Waals surface area contributed by atoms with E-state index in [1.165, 1.54) is 0 Å². The lowest BCUT2D eigenvalue weighted by atomic mass is 9.88. The maximum atomic E-state index is 11.7. The van der Waals surface area contributed by atoms with Gasteiger partial charge in [-0.15, -0.1) is 0 Å². The van der Waals surface area contributed by atoms with Gasteiger partial charge in [0.15, 0.2) is 0 Å². The summed E-state index contributed by atoms with van der Waals surface area (Å²) in [6, 6.07) is 0.261. The van der Waals surface area contributed by atoms with Gasteiger partial charge < -0.3 is 10.6 Å². The Hall–Kier alpha value is -0.570. The third-order valence-electron chi connectivity index (χ3n) is 3.03. The summed E-state index contributed by atoms with van der Waals surface area (Å²) in [5.41, 5.74) is 0.133. The fraction of sp³-hybridized carbons (Fsp3) is 0.909. The topological polar surface area (TPSA) is 41.1 Å². The second-order valence-electron chi connectivity index (χ2n) is 5.25. The van der Waals surface area contributed by atoms with Crippen LogP contribution in [0.4, 0.5) is 0 Å². The number of amides is 1. The molecular formula is C11H22N2O. The summed E-state index contributed by atoms with van der Waals surface area (Å²) in [6.45, 7) is 9.45. The maximum absolute atomic E-state index is 11.7. The third-order valence-corrected chi connectivity index (χ3v) is 3.03. The van der Waals surface area contributed by atoms with E-state index >= 15 is 0 Å². The number of hydrogen-bond donors (Lipinski definition) is 2. The molecule has 0 saturated carbocycles. The minimum Gasteiger partial charge on any atom is -0.352 e. The molecule has 1 heterocycles. The summed E-state index contributed by atoms with van der Waals surface area (Å²) in [7, 11) is 0. The fourth-order valence-corrected chi connectivity index (χ4v) is 1.44. The molecule has 1 fully saturated rings. The van der Waals surface area contributed by atoms with Crippen LogP contribution < -0.4 is 10.6 Å². The largest absolute Gasteiger partial charge is 0.352 e. The molecule has 14 heavy (non-hydrogen) atoms. The molecule has 0 aliphatic carbocycles. The summed E-state index contributed by atoms with van der Waals surface area (Å²) < 4.78 is 0. The molecular weight excluding hydrogens is 176 g/mol. The molecule has 0 spiro atoms. The molecule has 2 atom stereocenters. The van der Waals surface area contributed by atoms with Gasteiger partial charge in [0.2, 0.25) is 5.91 Å². The molecule has 1 aliphatic heterocycles. The Kier molecular flexibility index (Phi) is 3.53. The Morgan fingerprint density at radius 1 is 1.50 bits per heavy atom. The van der Waals surface area contributed by atoms with Crippen LogP contribution >= 0.6 is 0 Å². The van der Waals surface area contributed by atoms with Gasteiger partial charge in [-0.3, -0.25) is 4.79 Å². The molecule has 0 bridgehead atoms. The van der Waals surface area contributed by atoms with Gasteiger partial charge in [-0.05, 0) is 31.7 Å². The molecule has 1 amide bonds. The number of carbonyl (C=O) groups excluding carboxylic acids is 1.